The van der Waals surface area contributed by atoms with Crippen LogP contribution in [0.2, 0.25) is 0 Å². The first-order chi connectivity index (χ1) is 21.7. The van der Waals surface area contributed by atoms with E-state index in [4.69, 9.17) is 28.1 Å². The second kappa shape index (κ2) is 12.9. The molecule has 0 aliphatic carbocycles. The van der Waals surface area contributed by atoms with E-state index in [1.807, 2.05) is 0 Å². The molecule has 2 aromatic carbocycles. The first-order valence-corrected chi connectivity index (χ1v) is 13.9. The van der Waals surface area contributed by atoms with E-state index in [2.05, 4.69) is 0 Å². The first kappa shape index (κ1) is 33.2. The van der Waals surface area contributed by atoms with Crippen LogP contribution in [0.4, 0.5) is 0 Å². The molecule has 9 N–H and O–H groups in total. The van der Waals surface area contributed by atoms with Gasteiger partial charge in [0, 0.05) is 24.6 Å². The highest BCUT2D eigenvalue weighted by molar-refractivity contribution is 5.88. The van der Waals surface area contributed by atoms with Crippen molar-refractivity contribution in [3.8, 4) is 40.1 Å². The average Bonchev–Trinajstić information content (AvgIpc) is 2.99. The van der Waals surface area contributed by atoms with Crippen molar-refractivity contribution in [1.82, 2.24) is 0 Å². The minimum Gasteiger partial charge on any atom is -0.508 e. The number of hydrogen-bond acceptors (Lipinski definition) is 17. The number of carbonyl (C=O) groups excluding carboxylic acids is 1. The van der Waals surface area contributed by atoms with E-state index >= 15 is 0 Å². The van der Waals surface area contributed by atoms with Crippen LogP contribution in [0.3, 0.4) is 0 Å². The summed E-state index contributed by atoms with van der Waals surface area (Å²) in [6, 6.07) is 5.21. The number of aromatic hydroxyl groups is 4. The van der Waals surface area contributed by atoms with Crippen molar-refractivity contribution in [1.29, 1.82) is 0 Å². The van der Waals surface area contributed by atoms with Crippen LogP contribution in [0.15, 0.2) is 39.5 Å². The molecule has 5 rings (SSSR count). The number of benzene rings is 2. The van der Waals surface area contributed by atoms with Crippen LogP contribution in [-0.4, -0.2) is 120 Å². The lowest BCUT2D eigenvalue weighted by Gasteiger charge is -2.43. The molecule has 2 aliphatic heterocycles. The van der Waals surface area contributed by atoms with Crippen molar-refractivity contribution in [3.05, 3.63) is 40.6 Å². The largest absolute Gasteiger partial charge is 0.508 e. The number of aliphatic hydroxyl groups excluding tert-OH is 5. The fourth-order valence-electron chi connectivity index (χ4n) is 5.15. The molecule has 10 atom stereocenters. The number of phenolic OH excluding ortho intramolecular Hbond substituents is 4. The maximum atomic E-state index is 13.6. The average molecular weight is 653 g/mol. The lowest BCUT2D eigenvalue weighted by molar-refractivity contribution is -0.319. The second-order valence-corrected chi connectivity index (χ2v) is 10.9. The summed E-state index contributed by atoms with van der Waals surface area (Å²) in [6.45, 7) is 1.87. The quantitative estimate of drug-likeness (QED) is 0.108. The highest BCUT2D eigenvalue weighted by atomic mass is 16.7. The molecule has 2 fully saturated rings. The highest BCUT2D eigenvalue weighted by Crippen LogP contribution is 2.39. The number of fused-ring (bicyclic) bond motifs is 1. The zero-order valence-corrected chi connectivity index (χ0v) is 24.2. The van der Waals surface area contributed by atoms with Crippen molar-refractivity contribution in [2.24, 2.45) is 0 Å². The Labute approximate surface area is 258 Å². The van der Waals surface area contributed by atoms with E-state index in [-0.39, 0.29) is 11.1 Å². The standard InChI is InChI=1S/C29H32O17/c1-9-19(35)26(43-10(2)30)24(40)28(42-9)41-8-17-20(36)22(38)23(39)29(45-17)46-27-21(37)18-15(34)6-12(31)7-16(18)44-25(27)11-3-4-13(32)14(33)5-11/h3-7,9,17,19-20,22-24,26,28-29,31-36,38-40H,8H2,1-2H3/t9-,17+,19-,20+,22-,23+,24+,26+,28-,29-/m1/s1. The number of rotatable bonds is 7. The summed E-state index contributed by atoms with van der Waals surface area (Å²) in [7, 11) is 0. The lowest BCUT2D eigenvalue weighted by atomic mass is 9.98. The normalized spacial score (nSPS) is 31.5. The van der Waals surface area contributed by atoms with Crippen LogP contribution in [0.5, 0.6) is 28.7 Å². The molecule has 0 radical (unpaired) electrons. The third-order valence-electron chi connectivity index (χ3n) is 7.57. The molecule has 250 valence electrons. The van der Waals surface area contributed by atoms with Crippen molar-refractivity contribution < 1.29 is 78.9 Å². The number of ether oxygens (including phenoxy) is 5. The fraction of sp³-hybridized carbons (Fsp3) is 0.448. The Morgan fingerprint density at radius 2 is 1.54 bits per heavy atom. The molecule has 46 heavy (non-hydrogen) atoms. The Balaban J connectivity index is 1.45. The molecule has 0 spiro atoms. The van der Waals surface area contributed by atoms with Gasteiger partial charge in [-0.25, -0.2) is 0 Å². The zero-order valence-electron chi connectivity index (χ0n) is 24.2. The summed E-state index contributed by atoms with van der Waals surface area (Å²) >= 11 is 0. The van der Waals surface area contributed by atoms with Crippen LogP contribution in [0, 0.1) is 0 Å². The van der Waals surface area contributed by atoms with E-state index in [9.17, 15) is 55.5 Å². The Morgan fingerprint density at radius 1 is 0.826 bits per heavy atom. The second-order valence-electron chi connectivity index (χ2n) is 10.9. The van der Waals surface area contributed by atoms with E-state index in [0.717, 1.165) is 31.2 Å². The SMILES string of the molecule is CC(=O)O[C@@H]1[C@H](O)[C@H](OC[C@@H]2O[C@H](Oc3c(-c4ccc(O)c(O)c4)oc4cc(O)cc(O)c4c3=O)[C@@H](O)[C@H](O)[C@H]2O)O[C@H](C)[C@H]1O. The predicted octanol–water partition coefficient (Wildman–Crippen LogP) is -1.12. The van der Waals surface area contributed by atoms with Crippen molar-refractivity contribution in [2.75, 3.05) is 6.61 Å². The van der Waals surface area contributed by atoms with Gasteiger partial charge in [0.25, 0.3) is 0 Å². The maximum Gasteiger partial charge on any atom is 0.303 e. The van der Waals surface area contributed by atoms with Crippen LogP contribution in [0.1, 0.15) is 13.8 Å². The van der Waals surface area contributed by atoms with Crippen LogP contribution < -0.4 is 10.2 Å². The molecule has 17 heteroatoms. The monoisotopic (exact) mass is 652 g/mol. The molecule has 3 aromatic rings. The predicted molar refractivity (Wildman–Crippen MR) is 150 cm³/mol. The smallest absolute Gasteiger partial charge is 0.303 e. The summed E-state index contributed by atoms with van der Waals surface area (Å²) in [6.07, 6.45) is -16.1. The summed E-state index contributed by atoms with van der Waals surface area (Å²) < 4.78 is 33.1. The van der Waals surface area contributed by atoms with Gasteiger partial charge >= 0.3 is 5.97 Å². The Hall–Kier alpha value is -4.20. The number of aliphatic hydroxyl groups is 5. The zero-order chi connectivity index (χ0) is 33.6. The van der Waals surface area contributed by atoms with Gasteiger partial charge in [-0.1, -0.05) is 0 Å². The summed E-state index contributed by atoms with van der Waals surface area (Å²) in [5.74, 6) is -4.18. The Kier molecular flexibility index (Phi) is 9.30. The van der Waals surface area contributed by atoms with Gasteiger partial charge in [-0.3, -0.25) is 9.59 Å². The number of phenols is 4. The van der Waals surface area contributed by atoms with Crippen LogP contribution in [0.25, 0.3) is 22.3 Å². The van der Waals surface area contributed by atoms with Crippen molar-refractivity contribution >= 4 is 16.9 Å². The van der Waals surface area contributed by atoms with Gasteiger partial charge < -0.3 is 74.1 Å². The first-order valence-electron chi connectivity index (χ1n) is 13.9. The van der Waals surface area contributed by atoms with E-state index < -0.39 is 119 Å². The molecule has 3 heterocycles. The van der Waals surface area contributed by atoms with Crippen LogP contribution in [-0.2, 0) is 23.7 Å². The van der Waals surface area contributed by atoms with Crippen molar-refractivity contribution in [3.63, 3.8) is 0 Å². The molecular formula is C29H32O17. The summed E-state index contributed by atoms with van der Waals surface area (Å²) in [5.41, 5.74) is -1.38. The van der Waals surface area contributed by atoms with Gasteiger partial charge in [0.05, 0.1) is 12.7 Å². The fourth-order valence-corrected chi connectivity index (χ4v) is 5.15. The molecule has 0 unspecified atom stereocenters. The number of hydrogen-bond donors (Lipinski definition) is 9. The van der Waals surface area contributed by atoms with Gasteiger partial charge in [0.2, 0.25) is 17.5 Å². The number of carbonyl (C=O) groups is 1. The van der Waals surface area contributed by atoms with E-state index in [0.29, 0.717) is 0 Å². The van der Waals surface area contributed by atoms with Gasteiger partial charge in [0.1, 0.15) is 59.1 Å². The molecule has 17 nitrogen and oxygen atoms in total. The molecule has 2 saturated heterocycles. The summed E-state index contributed by atoms with van der Waals surface area (Å²) in [4.78, 5) is 25.1. The molecule has 0 saturated carbocycles. The minimum absolute atomic E-state index is 0.0417. The van der Waals surface area contributed by atoms with Crippen molar-refractivity contribution in [2.45, 2.75) is 75.3 Å². The topological polar surface area (TPSA) is 275 Å². The van der Waals surface area contributed by atoms with E-state index in [1.165, 1.54) is 13.0 Å². The number of esters is 1. The van der Waals surface area contributed by atoms with Gasteiger partial charge in [0.15, 0.2) is 29.7 Å². The Bertz CT molecular complexity index is 1650. The Morgan fingerprint density at radius 3 is 2.22 bits per heavy atom. The van der Waals surface area contributed by atoms with Crippen LogP contribution >= 0.6 is 0 Å². The molecular weight excluding hydrogens is 620 g/mol. The molecule has 1 aromatic heterocycles. The van der Waals surface area contributed by atoms with Gasteiger partial charge in [-0.2, -0.15) is 0 Å². The molecule has 2 aliphatic rings. The third-order valence-corrected chi connectivity index (χ3v) is 7.57. The van der Waals surface area contributed by atoms with Gasteiger partial charge in [-0.15, -0.1) is 0 Å². The van der Waals surface area contributed by atoms with Gasteiger partial charge in [-0.05, 0) is 25.1 Å². The maximum absolute atomic E-state index is 13.6. The molecule has 0 amide bonds. The lowest BCUT2D eigenvalue weighted by Crippen LogP contribution is -2.62. The summed E-state index contributed by atoms with van der Waals surface area (Å²) in [5, 5.41) is 92.6. The third kappa shape index (κ3) is 6.26. The highest BCUT2D eigenvalue weighted by Gasteiger charge is 2.49. The minimum atomic E-state index is -1.99. The molecule has 0 bridgehead atoms. The van der Waals surface area contributed by atoms with E-state index in [1.54, 1.807) is 0 Å².